The molecule has 138 valence electrons. The zero-order valence-corrected chi connectivity index (χ0v) is 15.5. The number of nitrogens with two attached hydrogens (primary N) is 1. The van der Waals surface area contributed by atoms with Crippen molar-refractivity contribution < 1.29 is 0 Å². The Balaban J connectivity index is 1.51. The number of aryl methyl sites for hydroxylation is 2. The molecule has 1 aliphatic heterocycles. The number of aromatic amines is 1. The van der Waals surface area contributed by atoms with Crippen LogP contribution < -0.4 is 11.1 Å². The number of unbranched alkanes of at least 4 members (excludes halogenated alkanes) is 3. The van der Waals surface area contributed by atoms with Crippen LogP contribution >= 0.6 is 0 Å². The summed E-state index contributed by atoms with van der Waals surface area (Å²) in [6, 6.07) is 0. The molecule has 2 aromatic rings. The van der Waals surface area contributed by atoms with Crippen molar-refractivity contribution in [2.75, 3.05) is 38.5 Å². The number of nitrogen functional groups attached to an aromatic ring is 1. The van der Waals surface area contributed by atoms with Gasteiger partial charge in [0.2, 0.25) is 0 Å². The monoisotopic (exact) mass is 344 g/mol. The maximum absolute atomic E-state index is 6.11. The molecule has 4 N–H and O–H groups in total. The first-order valence-corrected chi connectivity index (χ1v) is 9.83. The molecule has 3 rings (SSSR count). The van der Waals surface area contributed by atoms with Gasteiger partial charge in [0.1, 0.15) is 11.3 Å². The molecular formula is C19H32N6. The zero-order valence-electron chi connectivity index (χ0n) is 15.5. The average molecular weight is 345 g/mol. The quantitative estimate of drug-likeness (QED) is 0.609. The number of fused-ring (bicyclic) bond motifs is 1. The molecule has 0 unspecified atom stereocenters. The van der Waals surface area contributed by atoms with Crippen molar-refractivity contribution in [1.82, 2.24) is 25.2 Å². The maximum Gasteiger partial charge on any atom is 0.151 e. The molecule has 0 amide bonds. The third kappa shape index (κ3) is 4.92. The van der Waals surface area contributed by atoms with Crippen LogP contribution in [0.2, 0.25) is 0 Å². The average Bonchev–Trinajstić information content (AvgIpc) is 3.04. The van der Waals surface area contributed by atoms with Crippen molar-refractivity contribution in [2.24, 2.45) is 0 Å². The lowest BCUT2D eigenvalue weighted by Crippen LogP contribution is -2.43. The third-order valence-corrected chi connectivity index (χ3v) is 5.06. The summed E-state index contributed by atoms with van der Waals surface area (Å²) in [6.45, 7) is 8.07. The Hall–Kier alpha value is -1.66. The molecule has 1 saturated heterocycles. The second-order valence-corrected chi connectivity index (χ2v) is 7.07. The second-order valence-electron chi connectivity index (χ2n) is 7.07. The normalized spacial score (nSPS) is 15.9. The minimum absolute atomic E-state index is 0.584. The van der Waals surface area contributed by atoms with Gasteiger partial charge in [0.15, 0.2) is 5.82 Å². The highest BCUT2D eigenvalue weighted by atomic mass is 15.2. The van der Waals surface area contributed by atoms with Gasteiger partial charge >= 0.3 is 0 Å². The smallest absolute Gasteiger partial charge is 0.151 e. The summed E-state index contributed by atoms with van der Waals surface area (Å²) in [5, 5.41) is 3.41. The first-order valence-electron chi connectivity index (χ1n) is 9.83. The zero-order chi connectivity index (χ0) is 17.5. The van der Waals surface area contributed by atoms with Gasteiger partial charge in [0.05, 0.1) is 5.52 Å². The number of rotatable bonds is 9. The molecule has 1 fully saturated rings. The van der Waals surface area contributed by atoms with Gasteiger partial charge in [-0.05, 0) is 37.8 Å². The minimum atomic E-state index is 0.584. The van der Waals surface area contributed by atoms with E-state index in [-0.39, 0.29) is 0 Å². The molecule has 0 radical (unpaired) electrons. The molecule has 3 heterocycles. The Morgan fingerprint density at radius 2 is 1.92 bits per heavy atom. The fourth-order valence-electron chi connectivity index (χ4n) is 3.53. The highest BCUT2D eigenvalue weighted by Gasteiger charge is 2.12. The molecule has 6 heteroatoms. The third-order valence-electron chi connectivity index (χ3n) is 5.06. The number of anilines is 1. The molecule has 6 nitrogen and oxygen atoms in total. The summed E-state index contributed by atoms with van der Waals surface area (Å²) in [5.41, 5.74) is 9.32. The van der Waals surface area contributed by atoms with Crippen LogP contribution in [-0.2, 0) is 12.8 Å². The molecule has 2 aromatic heterocycles. The van der Waals surface area contributed by atoms with Crippen LogP contribution in [-0.4, -0.2) is 52.6 Å². The molecule has 0 bridgehead atoms. The van der Waals surface area contributed by atoms with E-state index in [1.807, 2.05) is 0 Å². The van der Waals surface area contributed by atoms with E-state index >= 15 is 0 Å². The summed E-state index contributed by atoms with van der Waals surface area (Å²) in [4.78, 5) is 15.0. The van der Waals surface area contributed by atoms with Crippen LogP contribution in [0.4, 0.5) is 5.82 Å². The van der Waals surface area contributed by atoms with E-state index in [2.05, 4.69) is 33.3 Å². The molecule has 25 heavy (non-hydrogen) atoms. The van der Waals surface area contributed by atoms with Gasteiger partial charge in [0, 0.05) is 38.8 Å². The van der Waals surface area contributed by atoms with E-state index in [9.17, 15) is 0 Å². The SMILES string of the molecule is CCCCc1nc(N)c2[nH]cc(CCCCCN3CCNCC3)c2n1. The van der Waals surface area contributed by atoms with Crippen molar-refractivity contribution in [2.45, 2.75) is 51.9 Å². The Bertz CT molecular complexity index is 659. The number of hydrogen-bond acceptors (Lipinski definition) is 5. The van der Waals surface area contributed by atoms with Crippen molar-refractivity contribution in [3.63, 3.8) is 0 Å². The number of aromatic nitrogens is 3. The number of hydrogen-bond donors (Lipinski definition) is 3. The highest BCUT2D eigenvalue weighted by Crippen LogP contribution is 2.22. The summed E-state index contributed by atoms with van der Waals surface area (Å²) in [6.07, 6.45) is 10.0. The molecule has 0 spiro atoms. The molecule has 0 aromatic carbocycles. The van der Waals surface area contributed by atoms with Crippen molar-refractivity contribution >= 4 is 16.9 Å². The van der Waals surface area contributed by atoms with Gasteiger partial charge < -0.3 is 20.9 Å². The predicted molar refractivity (Wildman–Crippen MR) is 104 cm³/mol. The number of piperazine rings is 1. The Morgan fingerprint density at radius 3 is 2.72 bits per heavy atom. The molecule has 0 atom stereocenters. The van der Waals surface area contributed by atoms with Crippen LogP contribution in [0.1, 0.15) is 50.4 Å². The van der Waals surface area contributed by atoms with E-state index in [0.717, 1.165) is 55.6 Å². The summed E-state index contributed by atoms with van der Waals surface area (Å²) < 4.78 is 0. The Labute approximate surface area is 150 Å². The van der Waals surface area contributed by atoms with Crippen LogP contribution in [0.25, 0.3) is 11.0 Å². The Morgan fingerprint density at radius 1 is 1.08 bits per heavy atom. The lowest BCUT2D eigenvalue weighted by molar-refractivity contribution is 0.236. The van der Waals surface area contributed by atoms with E-state index < -0.39 is 0 Å². The molecule has 0 aliphatic carbocycles. The van der Waals surface area contributed by atoms with Gasteiger partial charge in [-0.15, -0.1) is 0 Å². The first kappa shape index (κ1) is 18.1. The van der Waals surface area contributed by atoms with E-state index in [0.29, 0.717) is 5.82 Å². The van der Waals surface area contributed by atoms with Crippen molar-refractivity contribution in [3.8, 4) is 0 Å². The van der Waals surface area contributed by atoms with Gasteiger partial charge in [0.25, 0.3) is 0 Å². The molecule has 1 aliphatic rings. The van der Waals surface area contributed by atoms with Gasteiger partial charge in [-0.2, -0.15) is 0 Å². The summed E-state index contributed by atoms with van der Waals surface area (Å²) >= 11 is 0. The lowest BCUT2D eigenvalue weighted by Gasteiger charge is -2.26. The topological polar surface area (TPSA) is 82.9 Å². The van der Waals surface area contributed by atoms with Crippen LogP contribution in [0.15, 0.2) is 6.20 Å². The molecular weight excluding hydrogens is 312 g/mol. The second kappa shape index (κ2) is 9.15. The fraction of sp³-hybridized carbons (Fsp3) is 0.684. The fourth-order valence-corrected chi connectivity index (χ4v) is 3.53. The van der Waals surface area contributed by atoms with Crippen LogP contribution in [0.5, 0.6) is 0 Å². The standard InChI is InChI=1S/C19H32N6/c1-2-3-8-16-23-17-15(14-22-18(17)19(20)24-16)7-5-4-6-11-25-12-9-21-10-13-25/h14,21-22H,2-13H2,1H3,(H2,20,23,24). The summed E-state index contributed by atoms with van der Waals surface area (Å²) in [5.74, 6) is 1.47. The minimum Gasteiger partial charge on any atom is -0.382 e. The molecule has 0 saturated carbocycles. The van der Waals surface area contributed by atoms with E-state index in [1.165, 1.54) is 44.5 Å². The van der Waals surface area contributed by atoms with Gasteiger partial charge in [-0.3, -0.25) is 0 Å². The number of nitrogens with zero attached hydrogens (tertiary/aromatic N) is 3. The van der Waals surface area contributed by atoms with E-state index in [1.54, 1.807) is 0 Å². The van der Waals surface area contributed by atoms with Gasteiger partial charge in [-0.25, -0.2) is 9.97 Å². The number of nitrogens with one attached hydrogen (secondary N) is 2. The predicted octanol–water partition coefficient (Wildman–Crippen LogP) is 2.50. The van der Waals surface area contributed by atoms with E-state index in [4.69, 9.17) is 10.7 Å². The highest BCUT2D eigenvalue weighted by molar-refractivity contribution is 5.87. The van der Waals surface area contributed by atoms with Crippen molar-refractivity contribution in [3.05, 3.63) is 17.6 Å². The largest absolute Gasteiger partial charge is 0.382 e. The van der Waals surface area contributed by atoms with Crippen LogP contribution in [0.3, 0.4) is 0 Å². The van der Waals surface area contributed by atoms with Crippen LogP contribution in [0, 0.1) is 0 Å². The first-order chi connectivity index (χ1) is 12.3. The number of H-pyrrole nitrogens is 1. The van der Waals surface area contributed by atoms with Crippen molar-refractivity contribution in [1.29, 1.82) is 0 Å². The van der Waals surface area contributed by atoms with Gasteiger partial charge in [-0.1, -0.05) is 19.8 Å². The lowest BCUT2D eigenvalue weighted by atomic mass is 10.1. The Kier molecular flexibility index (Phi) is 6.64. The maximum atomic E-state index is 6.11. The summed E-state index contributed by atoms with van der Waals surface area (Å²) in [7, 11) is 0.